The van der Waals surface area contributed by atoms with E-state index >= 15 is 0 Å². The van der Waals surface area contributed by atoms with Crippen LogP contribution in [-0.2, 0) is 19.2 Å². The Balaban J connectivity index is 1.19. The lowest BCUT2D eigenvalue weighted by molar-refractivity contribution is -0.144. The molecule has 3 amide bonds. The lowest BCUT2D eigenvalue weighted by Crippen LogP contribution is -2.57. The molecule has 4 N–H and O–H groups in total. The van der Waals surface area contributed by atoms with Gasteiger partial charge in [-0.15, -0.1) is 11.8 Å². The normalized spacial score (nSPS) is 18.3. The van der Waals surface area contributed by atoms with E-state index in [0.29, 0.717) is 28.5 Å². The van der Waals surface area contributed by atoms with Crippen molar-refractivity contribution in [2.45, 2.75) is 44.2 Å². The summed E-state index contributed by atoms with van der Waals surface area (Å²) in [4.78, 5) is 51.1. The average molecular weight is 683 g/mol. The Kier molecular flexibility index (Phi) is 10.0. The standard InChI is InChI=1S/C34H36FN3O9S/c1-34(2,3)31(33(43)44)37-27(40)15-36-28(41)16-45-23-11-4-19(5-12-23)29-30(32(42)38(29)22-9-7-21(35)8-10-22)48-17-24(39)20-6-13-25-26(14-20)47-18-46-25/h4-14,24,29-31,39H,15-18H2,1-3H3,(H,36,41)(H,37,40)(H,43,44)/t24?,29-,30-,31-/m1/s1/i1D. The van der Waals surface area contributed by atoms with Crippen LogP contribution >= 0.6 is 11.8 Å². The Labute approximate surface area is 282 Å². The topological polar surface area (TPSA) is 164 Å². The predicted octanol–water partition coefficient (Wildman–Crippen LogP) is 3.59. The van der Waals surface area contributed by atoms with Crippen molar-refractivity contribution in [3.05, 3.63) is 83.7 Å². The Hall–Kier alpha value is -4.82. The number of rotatable bonds is 13. The van der Waals surface area contributed by atoms with Crippen LogP contribution in [0.5, 0.6) is 17.2 Å². The minimum Gasteiger partial charge on any atom is -0.484 e. The zero-order valence-electron chi connectivity index (χ0n) is 27.2. The first-order valence-corrected chi connectivity index (χ1v) is 16.0. The molecule has 0 radical (unpaired) electrons. The Morgan fingerprint density at radius 2 is 1.79 bits per heavy atom. The van der Waals surface area contributed by atoms with E-state index in [4.69, 9.17) is 15.6 Å². The number of hydrogen-bond donors (Lipinski definition) is 4. The number of ether oxygens (including phenoxy) is 3. The Morgan fingerprint density at radius 1 is 1.08 bits per heavy atom. The first-order valence-electron chi connectivity index (χ1n) is 15.7. The quantitative estimate of drug-likeness (QED) is 0.196. The third-order valence-corrected chi connectivity index (χ3v) is 9.06. The van der Waals surface area contributed by atoms with E-state index in [1.54, 1.807) is 61.2 Å². The van der Waals surface area contributed by atoms with Gasteiger partial charge in [-0.3, -0.25) is 14.4 Å². The number of aliphatic hydroxyl groups is 1. The number of carbonyl (C=O) groups excluding carboxylic acids is 3. The fourth-order valence-corrected chi connectivity index (χ4v) is 6.49. The molecule has 1 unspecified atom stereocenters. The molecule has 1 saturated heterocycles. The lowest BCUT2D eigenvalue weighted by Gasteiger charge is -2.47. The summed E-state index contributed by atoms with van der Waals surface area (Å²) in [5.41, 5.74) is 0.872. The van der Waals surface area contributed by atoms with Gasteiger partial charge in [-0.1, -0.05) is 38.9 Å². The molecule has 2 aliphatic heterocycles. The summed E-state index contributed by atoms with van der Waals surface area (Å²) in [5.74, 6) is -1.54. The molecular formula is C34H36FN3O9S. The second-order valence-corrected chi connectivity index (χ2v) is 13.1. The molecule has 2 aliphatic rings. The number of aliphatic carboxylic acids is 1. The predicted molar refractivity (Wildman–Crippen MR) is 174 cm³/mol. The maximum atomic E-state index is 13.7. The van der Waals surface area contributed by atoms with Crippen molar-refractivity contribution in [1.82, 2.24) is 10.6 Å². The fourth-order valence-electron chi connectivity index (χ4n) is 5.19. The highest BCUT2D eigenvalue weighted by Crippen LogP contribution is 2.46. The average Bonchev–Trinajstić information content (AvgIpc) is 3.57. The molecule has 12 nitrogen and oxygen atoms in total. The monoisotopic (exact) mass is 682 g/mol. The van der Waals surface area contributed by atoms with Crippen molar-refractivity contribution in [1.29, 1.82) is 0 Å². The van der Waals surface area contributed by atoms with Crippen molar-refractivity contribution in [2.75, 3.05) is 30.6 Å². The van der Waals surface area contributed by atoms with Crippen LogP contribution in [0.25, 0.3) is 0 Å². The van der Waals surface area contributed by atoms with Gasteiger partial charge in [-0.25, -0.2) is 9.18 Å². The molecule has 0 saturated carbocycles. The van der Waals surface area contributed by atoms with E-state index in [-0.39, 0.29) is 25.4 Å². The smallest absolute Gasteiger partial charge is 0.326 e. The van der Waals surface area contributed by atoms with Gasteiger partial charge in [-0.2, -0.15) is 0 Å². The number of β-lactam (4-membered cyclic amide) rings is 1. The first-order chi connectivity index (χ1) is 23.4. The van der Waals surface area contributed by atoms with E-state index in [0.717, 1.165) is 5.56 Å². The molecule has 4 atom stereocenters. The minimum atomic E-state index is -1.30. The number of anilines is 1. The van der Waals surface area contributed by atoms with Gasteiger partial charge >= 0.3 is 5.97 Å². The lowest BCUT2D eigenvalue weighted by atomic mass is 9.87. The Morgan fingerprint density at radius 3 is 2.48 bits per heavy atom. The van der Waals surface area contributed by atoms with Crippen molar-refractivity contribution in [3.63, 3.8) is 0 Å². The summed E-state index contributed by atoms with van der Waals surface area (Å²) in [7, 11) is 0. The van der Waals surface area contributed by atoms with Crippen LogP contribution in [0.2, 0.25) is 0 Å². The summed E-state index contributed by atoms with van der Waals surface area (Å²) >= 11 is 1.30. The number of carboxylic acids is 1. The third kappa shape index (κ3) is 8.00. The SMILES string of the molecule is [2H]CC(C)(C)[C@H](NC(=O)CNC(=O)COc1ccc([C@@H]2[C@@H](SCC(O)c3ccc4c(c3)OCO4)C(=O)N2c2ccc(F)cc2)cc1)C(=O)O. The Bertz CT molecular complexity index is 1690. The summed E-state index contributed by atoms with van der Waals surface area (Å²) < 4.78 is 37.5. The van der Waals surface area contributed by atoms with Crippen LogP contribution in [0.4, 0.5) is 10.1 Å². The number of aliphatic hydroxyl groups excluding tert-OH is 1. The number of hydrogen-bond acceptors (Lipinski definition) is 9. The third-order valence-electron chi connectivity index (χ3n) is 7.74. The maximum absolute atomic E-state index is 13.7. The van der Waals surface area contributed by atoms with Crippen LogP contribution in [0.3, 0.4) is 0 Å². The highest BCUT2D eigenvalue weighted by atomic mass is 32.2. The number of nitrogens with zero attached hydrogens (tertiary/aromatic N) is 1. The molecule has 1 fully saturated rings. The first kappa shape index (κ1) is 33.1. The highest BCUT2D eigenvalue weighted by molar-refractivity contribution is 8.00. The van der Waals surface area contributed by atoms with Gasteiger partial charge in [0, 0.05) is 12.8 Å². The summed E-state index contributed by atoms with van der Waals surface area (Å²) in [6.45, 7) is 2.08. The van der Waals surface area contributed by atoms with Crippen LogP contribution in [-0.4, -0.2) is 70.9 Å². The molecule has 3 aromatic rings. The molecule has 0 aromatic heterocycles. The molecule has 0 aliphatic carbocycles. The van der Waals surface area contributed by atoms with Gasteiger partial charge < -0.3 is 40.0 Å². The summed E-state index contributed by atoms with van der Waals surface area (Å²) in [6, 6.07) is 15.8. The molecular weight excluding hydrogens is 645 g/mol. The van der Waals surface area contributed by atoms with Crippen LogP contribution in [0.1, 0.15) is 45.4 Å². The molecule has 254 valence electrons. The van der Waals surface area contributed by atoms with E-state index in [1.807, 2.05) is 0 Å². The van der Waals surface area contributed by atoms with Crippen molar-refractivity contribution >= 4 is 41.1 Å². The number of carboxylic acid groups (broad SMARTS) is 1. The van der Waals surface area contributed by atoms with Gasteiger partial charge in [0.05, 0.1) is 18.7 Å². The number of fused-ring (bicyclic) bond motifs is 1. The van der Waals surface area contributed by atoms with Crippen molar-refractivity contribution in [3.8, 4) is 17.2 Å². The summed E-state index contributed by atoms with van der Waals surface area (Å²) in [5, 5.41) is 24.5. The van der Waals surface area contributed by atoms with E-state index in [9.17, 15) is 33.8 Å². The largest absolute Gasteiger partial charge is 0.484 e. The van der Waals surface area contributed by atoms with Crippen LogP contribution < -0.4 is 29.7 Å². The number of thioether (sulfide) groups is 1. The van der Waals surface area contributed by atoms with E-state index < -0.39 is 65.6 Å². The van der Waals surface area contributed by atoms with Gasteiger partial charge in [-0.05, 0) is 65.1 Å². The number of amides is 3. The zero-order valence-corrected chi connectivity index (χ0v) is 27.0. The number of carbonyl (C=O) groups is 4. The van der Waals surface area contributed by atoms with Gasteiger partial charge in [0.2, 0.25) is 18.6 Å². The zero-order chi connectivity index (χ0) is 35.3. The van der Waals surface area contributed by atoms with Gasteiger partial charge in [0.1, 0.15) is 22.9 Å². The molecule has 0 spiro atoms. The maximum Gasteiger partial charge on any atom is 0.326 e. The van der Waals surface area contributed by atoms with Gasteiger partial charge in [0.15, 0.2) is 18.1 Å². The number of nitrogens with one attached hydrogen (secondary N) is 2. The van der Waals surface area contributed by atoms with Gasteiger partial charge in [0.25, 0.3) is 5.91 Å². The molecule has 2 heterocycles. The molecule has 48 heavy (non-hydrogen) atoms. The fraction of sp³-hybridized carbons (Fsp3) is 0.353. The summed E-state index contributed by atoms with van der Waals surface area (Å²) in [6.07, 6.45) is -0.880. The minimum absolute atomic E-state index is 0.112. The number of halogens is 1. The highest BCUT2D eigenvalue weighted by Gasteiger charge is 2.49. The molecule has 3 aromatic carbocycles. The molecule has 0 bridgehead atoms. The second-order valence-electron chi connectivity index (χ2n) is 12.0. The van der Waals surface area contributed by atoms with E-state index in [2.05, 4.69) is 10.6 Å². The molecule has 5 rings (SSSR count). The van der Waals surface area contributed by atoms with Crippen LogP contribution in [0, 0.1) is 11.2 Å². The second kappa shape index (κ2) is 14.5. The van der Waals surface area contributed by atoms with E-state index in [1.165, 1.54) is 36.0 Å². The van der Waals surface area contributed by atoms with Crippen molar-refractivity contribution in [2.24, 2.45) is 5.41 Å². The number of benzene rings is 3. The molecule has 14 heteroatoms. The van der Waals surface area contributed by atoms with Crippen molar-refractivity contribution < 1.29 is 49.4 Å². The van der Waals surface area contributed by atoms with Crippen LogP contribution in [0.15, 0.2) is 66.7 Å².